The van der Waals surface area contributed by atoms with Crippen LogP contribution in [0, 0.1) is 19.7 Å². The molecule has 1 aliphatic rings. The second-order valence-corrected chi connectivity index (χ2v) is 8.66. The number of rotatable bonds is 8. The number of nitrogens with zero attached hydrogens (tertiary/aromatic N) is 3. The molecule has 3 aromatic rings. The Morgan fingerprint density at radius 2 is 1.74 bits per heavy atom. The second kappa shape index (κ2) is 10.5. The van der Waals surface area contributed by atoms with E-state index in [1.54, 1.807) is 30.3 Å². The number of halogens is 1. The van der Waals surface area contributed by atoms with Crippen molar-refractivity contribution in [2.75, 3.05) is 24.4 Å². The fraction of sp³-hybridized carbons (Fsp3) is 0.250. The van der Waals surface area contributed by atoms with Crippen molar-refractivity contribution in [2.45, 2.75) is 25.5 Å². The van der Waals surface area contributed by atoms with Crippen LogP contribution in [0.4, 0.5) is 10.1 Å². The number of aromatic nitrogens is 2. The quantitative estimate of drug-likeness (QED) is 0.386. The number of nitrogens with one attached hydrogen (secondary N) is 1. The minimum atomic E-state index is -0.373. The van der Waals surface area contributed by atoms with Crippen LogP contribution in [0.2, 0.25) is 0 Å². The predicted molar refractivity (Wildman–Crippen MR) is 125 cm³/mol. The van der Waals surface area contributed by atoms with Crippen molar-refractivity contribution in [1.29, 1.82) is 0 Å². The van der Waals surface area contributed by atoms with Crippen LogP contribution in [0.3, 0.4) is 0 Å². The van der Waals surface area contributed by atoms with Crippen molar-refractivity contribution >= 4 is 29.3 Å². The Bertz CT molecular complexity index is 1190. The Morgan fingerprint density at radius 1 is 1.03 bits per heavy atom. The van der Waals surface area contributed by atoms with Gasteiger partial charge >= 0.3 is 0 Å². The van der Waals surface area contributed by atoms with E-state index >= 15 is 0 Å². The maximum absolute atomic E-state index is 13.3. The molecule has 4 rings (SSSR count). The number of thioether (sulfide) groups is 1. The highest BCUT2D eigenvalue weighted by Gasteiger charge is 2.20. The smallest absolute Gasteiger partial charge is 0.244 e. The molecule has 0 unspecified atom stereocenters. The van der Waals surface area contributed by atoms with E-state index < -0.39 is 0 Å². The molecule has 176 valence electrons. The SMILES string of the molecule is Cc1cc(C)nc(SCC(=O)N(CC(=O)Nc2ccc3c(c2)OCO3)Cc2ccc(F)cc2)n1. The molecule has 0 spiro atoms. The van der Waals surface area contributed by atoms with Gasteiger partial charge in [0.15, 0.2) is 16.7 Å². The van der Waals surface area contributed by atoms with E-state index in [1.165, 1.54) is 28.8 Å². The van der Waals surface area contributed by atoms with Gasteiger partial charge in [-0.25, -0.2) is 14.4 Å². The van der Waals surface area contributed by atoms with E-state index in [0.29, 0.717) is 27.9 Å². The number of ether oxygens (including phenoxy) is 2. The molecule has 1 N–H and O–H groups in total. The van der Waals surface area contributed by atoms with E-state index in [0.717, 1.165) is 11.4 Å². The van der Waals surface area contributed by atoms with Gasteiger partial charge in [0, 0.05) is 29.7 Å². The van der Waals surface area contributed by atoms with Crippen LogP contribution in [0.15, 0.2) is 53.7 Å². The minimum absolute atomic E-state index is 0.0569. The molecule has 0 atom stereocenters. The highest BCUT2D eigenvalue weighted by molar-refractivity contribution is 7.99. The van der Waals surface area contributed by atoms with Crippen molar-refractivity contribution in [3.05, 3.63) is 71.3 Å². The number of fused-ring (bicyclic) bond motifs is 1. The zero-order valence-electron chi connectivity index (χ0n) is 18.7. The number of amides is 2. The van der Waals surface area contributed by atoms with Crippen LogP contribution in [0.5, 0.6) is 11.5 Å². The van der Waals surface area contributed by atoms with Crippen molar-refractivity contribution in [3.8, 4) is 11.5 Å². The molecule has 0 bridgehead atoms. The number of hydrogen-bond acceptors (Lipinski definition) is 7. The molecule has 0 fully saturated rings. The topological polar surface area (TPSA) is 93.7 Å². The number of hydrogen-bond donors (Lipinski definition) is 1. The molecule has 0 saturated heterocycles. The maximum atomic E-state index is 13.3. The first-order valence-electron chi connectivity index (χ1n) is 10.5. The molecular formula is C24H23FN4O4S. The molecule has 8 nitrogen and oxygen atoms in total. The highest BCUT2D eigenvalue weighted by atomic mass is 32.2. The summed E-state index contributed by atoms with van der Waals surface area (Å²) in [6.07, 6.45) is 0. The summed E-state index contributed by atoms with van der Waals surface area (Å²) >= 11 is 1.21. The van der Waals surface area contributed by atoms with Gasteiger partial charge in [-0.2, -0.15) is 0 Å². The summed E-state index contributed by atoms with van der Waals surface area (Å²) in [4.78, 5) is 35.9. The van der Waals surface area contributed by atoms with Crippen LogP contribution >= 0.6 is 11.8 Å². The third-order valence-corrected chi connectivity index (χ3v) is 5.75. The second-order valence-electron chi connectivity index (χ2n) is 7.71. The normalized spacial score (nSPS) is 11.9. The van der Waals surface area contributed by atoms with Crippen molar-refractivity contribution < 1.29 is 23.5 Å². The first-order chi connectivity index (χ1) is 16.4. The van der Waals surface area contributed by atoms with Gasteiger partial charge in [0.05, 0.1) is 5.75 Å². The number of carbonyl (C=O) groups is 2. The van der Waals surface area contributed by atoms with Crippen LogP contribution in [0.25, 0.3) is 0 Å². The Morgan fingerprint density at radius 3 is 2.47 bits per heavy atom. The lowest BCUT2D eigenvalue weighted by Crippen LogP contribution is -2.38. The molecule has 2 heterocycles. The van der Waals surface area contributed by atoms with Crippen molar-refractivity contribution in [2.24, 2.45) is 0 Å². The maximum Gasteiger partial charge on any atom is 0.244 e. The van der Waals surface area contributed by atoms with E-state index in [-0.39, 0.29) is 43.3 Å². The molecule has 1 aliphatic heterocycles. The Hall–Kier alpha value is -3.66. The first-order valence-corrected chi connectivity index (χ1v) is 11.5. The Kier molecular flexibility index (Phi) is 7.27. The summed E-state index contributed by atoms with van der Waals surface area (Å²) in [7, 11) is 0. The van der Waals surface area contributed by atoms with E-state index in [4.69, 9.17) is 9.47 Å². The van der Waals surface area contributed by atoms with Gasteiger partial charge in [-0.05, 0) is 49.7 Å². The third-order valence-electron chi connectivity index (χ3n) is 4.92. The molecule has 0 saturated carbocycles. The summed E-state index contributed by atoms with van der Waals surface area (Å²) < 4.78 is 23.9. The van der Waals surface area contributed by atoms with Gasteiger partial charge < -0.3 is 19.7 Å². The average molecular weight is 483 g/mol. The van der Waals surface area contributed by atoms with Gasteiger partial charge in [0.25, 0.3) is 0 Å². The molecule has 10 heteroatoms. The third kappa shape index (κ3) is 6.22. The number of aryl methyl sites for hydroxylation is 2. The molecule has 0 radical (unpaired) electrons. The summed E-state index contributed by atoms with van der Waals surface area (Å²) in [5.74, 6) is 0.199. The van der Waals surface area contributed by atoms with Gasteiger partial charge in [0.1, 0.15) is 12.4 Å². The largest absolute Gasteiger partial charge is 0.454 e. The van der Waals surface area contributed by atoms with Crippen molar-refractivity contribution in [1.82, 2.24) is 14.9 Å². The summed E-state index contributed by atoms with van der Waals surface area (Å²) in [5, 5.41) is 3.28. The van der Waals surface area contributed by atoms with Gasteiger partial charge in [-0.15, -0.1) is 0 Å². The summed E-state index contributed by atoms with van der Waals surface area (Å²) in [6, 6.07) is 12.8. The number of anilines is 1. The molecule has 2 aromatic carbocycles. The Labute approximate surface area is 200 Å². The van der Waals surface area contributed by atoms with Crippen LogP contribution < -0.4 is 14.8 Å². The predicted octanol–water partition coefficient (Wildman–Crippen LogP) is 3.72. The zero-order valence-corrected chi connectivity index (χ0v) is 19.5. The van der Waals surface area contributed by atoms with Crippen molar-refractivity contribution in [3.63, 3.8) is 0 Å². The standard InChI is InChI=1S/C24H23FN4O4S/c1-15-9-16(2)27-24(26-15)34-13-23(31)29(11-17-3-5-18(25)6-4-17)12-22(30)28-19-7-8-20-21(10-19)33-14-32-20/h3-10H,11-14H2,1-2H3,(H,28,30). The molecule has 2 amide bonds. The fourth-order valence-electron chi connectivity index (χ4n) is 3.37. The highest BCUT2D eigenvalue weighted by Crippen LogP contribution is 2.34. The lowest BCUT2D eigenvalue weighted by molar-refractivity contribution is -0.132. The summed E-state index contributed by atoms with van der Waals surface area (Å²) in [6.45, 7) is 3.83. The minimum Gasteiger partial charge on any atom is -0.454 e. The Balaban J connectivity index is 1.44. The monoisotopic (exact) mass is 482 g/mol. The lowest BCUT2D eigenvalue weighted by Gasteiger charge is -2.22. The fourth-order valence-corrected chi connectivity index (χ4v) is 4.22. The first kappa shape index (κ1) is 23.5. The molecule has 34 heavy (non-hydrogen) atoms. The van der Waals surface area contributed by atoms with Gasteiger partial charge in [-0.1, -0.05) is 23.9 Å². The lowest BCUT2D eigenvalue weighted by atomic mass is 10.2. The van der Waals surface area contributed by atoms with E-state index in [9.17, 15) is 14.0 Å². The molecular weight excluding hydrogens is 459 g/mol. The van der Waals surface area contributed by atoms with Gasteiger partial charge in [0.2, 0.25) is 18.6 Å². The number of benzene rings is 2. The number of carbonyl (C=O) groups excluding carboxylic acids is 2. The van der Waals surface area contributed by atoms with E-state index in [2.05, 4.69) is 15.3 Å². The zero-order chi connectivity index (χ0) is 24.1. The van der Waals surface area contributed by atoms with Crippen LogP contribution in [-0.2, 0) is 16.1 Å². The molecule has 0 aliphatic carbocycles. The van der Waals surface area contributed by atoms with Crippen LogP contribution in [-0.4, -0.2) is 45.8 Å². The average Bonchev–Trinajstić information content (AvgIpc) is 3.26. The van der Waals surface area contributed by atoms with Crippen LogP contribution in [0.1, 0.15) is 17.0 Å². The summed E-state index contributed by atoms with van der Waals surface area (Å²) in [5.41, 5.74) is 2.86. The molecule has 1 aromatic heterocycles. The van der Waals surface area contributed by atoms with Gasteiger partial charge in [-0.3, -0.25) is 9.59 Å². The van der Waals surface area contributed by atoms with E-state index in [1.807, 2.05) is 19.9 Å².